The van der Waals surface area contributed by atoms with Gasteiger partial charge in [0, 0.05) is 22.3 Å². The third kappa shape index (κ3) is 3.89. The molecular formula is C21H17BrN4O2. The van der Waals surface area contributed by atoms with Crippen LogP contribution in [-0.4, -0.2) is 27.6 Å². The highest BCUT2D eigenvalue weighted by atomic mass is 79.9. The van der Waals surface area contributed by atoms with E-state index < -0.39 is 0 Å². The van der Waals surface area contributed by atoms with Gasteiger partial charge in [-0.1, -0.05) is 34.1 Å². The highest BCUT2D eigenvalue weighted by Gasteiger charge is 2.12. The van der Waals surface area contributed by atoms with Gasteiger partial charge in [-0.25, -0.2) is 9.97 Å². The number of methoxy groups -OCH3 is 1. The van der Waals surface area contributed by atoms with E-state index in [9.17, 15) is 4.79 Å². The second-order valence-electron chi connectivity index (χ2n) is 6.21. The Morgan fingerprint density at radius 1 is 1.14 bits per heavy atom. The molecule has 1 amide bonds. The molecule has 2 heterocycles. The molecule has 140 valence electrons. The number of hydrogen-bond donors (Lipinski definition) is 1. The Kier molecular flexibility index (Phi) is 5.08. The quantitative estimate of drug-likeness (QED) is 0.499. The largest absolute Gasteiger partial charge is 0.497 e. The summed E-state index contributed by atoms with van der Waals surface area (Å²) in [7, 11) is 1.62. The average molecular weight is 437 g/mol. The number of benzene rings is 2. The Morgan fingerprint density at radius 2 is 1.96 bits per heavy atom. The molecule has 6 nitrogen and oxygen atoms in total. The summed E-state index contributed by atoms with van der Waals surface area (Å²) in [5, 5.41) is 3.75. The number of amides is 1. The fourth-order valence-electron chi connectivity index (χ4n) is 2.87. The van der Waals surface area contributed by atoms with Crippen LogP contribution in [-0.2, 0) is 6.54 Å². The van der Waals surface area contributed by atoms with Crippen molar-refractivity contribution in [2.75, 3.05) is 12.4 Å². The number of fused-ring (bicyclic) bond motifs is 1. The number of halogens is 1. The first-order valence-electron chi connectivity index (χ1n) is 8.64. The molecule has 2 aromatic heterocycles. The first-order chi connectivity index (χ1) is 13.6. The van der Waals surface area contributed by atoms with Gasteiger partial charge in [0.25, 0.3) is 5.91 Å². The third-order valence-electron chi connectivity index (χ3n) is 4.34. The third-order valence-corrected chi connectivity index (χ3v) is 4.86. The normalized spacial score (nSPS) is 10.8. The minimum Gasteiger partial charge on any atom is -0.497 e. The van der Waals surface area contributed by atoms with Gasteiger partial charge in [-0.15, -0.1) is 0 Å². The van der Waals surface area contributed by atoms with E-state index in [4.69, 9.17) is 4.74 Å². The molecule has 0 fully saturated rings. The fraction of sp³-hybridized carbons (Fsp3) is 0.0952. The zero-order valence-corrected chi connectivity index (χ0v) is 16.7. The molecule has 7 heteroatoms. The monoisotopic (exact) mass is 436 g/mol. The van der Waals surface area contributed by atoms with Crippen molar-refractivity contribution in [2.45, 2.75) is 6.54 Å². The molecule has 0 saturated heterocycles. The Labute approximate surface area is 170 Å². The molecule has 4 aromatic rings. The van der Waals surface area contributed by atoms with E-state index in [2.05, 4.69) is 31.2 Å². The Bertz CT molecular complexity index is 1140. The number of anilines is 1. The number of imidazole rings is 1. The molecule has 0 saturated carbocycles. The van der Waals surface area contributed by atoms with E-state index in [1.165, 1.54) is 0 Å². The number of carbonyl (C=O) groups excluding carboxylic acids is 1. The first-order valence-corrected chi connectivity index (χ1v) is 9.43. The molecule has 0 spiro atoms. The number of pyridine rings is 1. The van der Waals surface area contributed by atoms with Crippen LogP contribution in [0.25, 0.3) is 10.9 Å². The molecule has 0 aliphatic carbocycles. The van der Waals surface area contributed by atoms with Crippen molar-refractivity contribution in [1.82, 2.24) is 14.5 Å². The van der Waals surface area contributed by atoms with Gasteiger partial charge in [-0.05, 0) is 42.0 Å². The molecule has 0 aliphatic heterocycles. The summed E-state index contributed by atoms with van der Waals surface area (Å²) in [6.45, 7) is 0.605. The van der Waals surface area contributed by atoms with Crippen molar-refractivity contribution in [1.29, 1.82) is 0 Å². The molecule has 1 N–H and O–H groups in total. The number of aromatic nitrogens is 3. The number of ether oxygens (including phenoxy) is 1. The van der Waals surface area contributed by atoms with E-state index in [-0.39, 0.29) is 5.91 Å². The van der Waals surface area contributed by atoms with Gasteiger partial charge in [0.15, 0.2) is 0 Å². The Balaban J connectivity index is 1.53. The lowest BCUT2D eigenvalue weighted by Crippen LogP contribution is -2.17. The number of nitrogens with zero attached hydrogens (tertiary/aromatic N) is 3. The standard InChI is InChI=1S/C21H17BrN4O2/c1-28-17-7-9-18-15(12-17)4-8-19(24-18)20(27)25-21-23-10-11-26(21)13-14-2-5-16(22)6-3-14/h2-12H,13H2,1H3,(H,23,25,27). The van der Waals surface area contributed by atoms with E-state index in [0.717, 1.165) is 26.7 Å². The van der Waals surface area contributed by atoms with Crippen LogP contribution in [0.15, 0.2) is 71.5 Å². The van der Waals surface area contributed by atoms with Crippen LogP contribution in [0.1, 0.15) is 16.1 Å². The zero-order chi connectivity index (χ0) is 19.5. The fourth-order valence-corrected chi connectivity index (χ4v) is 3.13. The molecule has 0 atom stereocenters. The van der Waals surface area contributed by atoms with Gasteiger partial charge in [-0.3, -0.25) is 10.1 Å². The maximum absolute atomic E-state index is 12.7. The Morgan fingerprint density at radius 3 is 2.75 bits per heavy atom. The highest BCUT2D eigenvalue weighted by Crippen LogP contribution is 2.20. The van der Waals surface area contributed by atoms with Crippen LogP contribution < -0.4 is 10.1 Å². The summed E-state index contributed by atoms with van der Waals surface area (Å²) in [6.07, 6.45) is 3.49. The summed E-state index contributed by atoms with van der Waals surface area (Å²) in [4.78, 5) is 21.4. The maximum Gasteiger partial charge on any atom is 0.276 e. The number of rotatable bonds is 5. The van der Waals surface area contributed by atoms with Crippen LogP contribution in [0, 0.1) is 0 Å². The molecule has 0 aliphatic rings. The number of nitrogens with one attached hydrogen (secondary N) is 1. The second-order valence-corrected chi connectivity index (χ2v) is 7.13. The molecule has 2 aromatic carbocycles. The topological polar surface area (TPSA) is 69.0 Å². The van der Waals surface area contributed by atoms with Crippen LogP contribution in [0.3, 0.4) is 0 Å². The van der Waals surface area contributed by atoms with E-state index in [0.29, 0.717) is 18.2 Å². The smallest absolute Gasteiger partial charge is 0.276 e. The maximum atomic E-state index is 12.7. The number of carbonyl (C=O) groups is 1. The van der Waals surface area contributed by atoms with Crippen molar-refractivity contribution in [3.05, 3.63) is 82.7 Å². The van der Waals surface area contributed by atoms with Crippen molar-refractivity contribution in [3.8, 4) is 5.75 Å². The Hall–Kier alpha value is -3.19. The van der Waals surface area contributed by atoms with Gasteiger partial charge in [0.1, 0.15) is 11.4 Å². The van der Waals surface area contributed by atoms with E-state index in [1.54, 1.807) is 19.4 Å². The second kappa shape index (κ2) is 7.82. The molecular weight excluding hydrogens is 420 g/mol. The summed E-state index contributed by atoms with van der Waals surface area (Å²) >= 11 is 3.43. The predicted molar refractivity (Wildman–Crippen MR) is 112 cm³/mol. The summed E-state index contributed by atoms with van der Waals surface area (Å²) in [5.41, 5.74) is 2.16. The van der Waals surface area contributed by atoms with Crippen molar-refractivity contribution in [2.24, 2.45) is 0 Å². The van der Waals surface area contributed by atoms with Gasteiger partial charge >= 0.3 is 0 Å². The van der Waals surface area contributed by atoms with Crippen LogP contribution in [0.2, 0.25) is 0 Å². The van der Waals surface area contributed by atoms with Gasteiger partial charge in [0.05, 0.1) is 19.2 Å². The minimum absolute atomic E-state index is 0.305. The molecule has 0 unspecified atom stereocenters. The van der Waals surface area contributed by atoms with Gasteiger partial charge in [-0.2, -0.15) is 0 Å². The lowest BCUT2D eigenvalue weighted by atomic mass is 10.2. The van der Waals surface area contributed by atoms with Crippen LogP contribution >= 0.6 is 15.9 Å². The summed E-state index contributed by atoms with van der Waals surface area (Å²) in [5.74, 6) is 0.923. The predicted octanol–water partition coefficient (Wildman–Crippen LogP) is 4.50. The molecule has 0 bridgehead atoms. The summed E-state index contributed by atoms with van der Waals surface area (Å²) < 4.78 is 8.12. The van der Waals surface area contributed by atoms with E-state index >= 15 is 0 Å². The van der Waals surface area contributed by atoms with E-state index in [1.807, 2.05) is 59.3 Å². The average Bonchev–Trinajstić information content (AvgIpc) is 3.15. The first kappa shape index (κ1) is 18.2. The van der Waals surface area contributed by atoms with Crippen molar-refractivity contribution in [3.63, 3.8) is 0 Å². The van der Waals surface area contributed by atoms with Crippen LogP contribution in [0.4, 0.5) is 5.95 Å². The SMILES string of the molecule is COc1ccc2nc(C(=O)Nc3nccn3Cc3ccc(Br)cc3)ccc2c1. The summed E-state index contributed by atoms with van der Waals surface area (Å²) in [6, 6.07) is 17.1. The van der Waals surface area contributed by atoms with Crippen molar-refractivity contribution >= 4 is 38.7 Å². The number of hydrogen-bond acceptors (Lipinski definition) is 4. The minimum atomic E-state index is -0.305. The molecule has 28 heavy (non-hydrogen) atoms. The lowest BCUT2D eigenvalue weighted by Gasteiger charge is -2.10. The van der Waals surface area contributed by atoms with Crippen molar-refractivity contribution < 1.29 is 9.53 Å². The highest BCUT2D eigenvalue weighted by molar-refractivity contribution is 9.10. The van der Waals surface area contributed by atoms with Crippen LogP contribution in [0.5, 0.6) is 5.75 Å². The molecule has 4 rings (SSSR count). The van der Waals surface area contributed by atoms with Gasteiger partial charge < -0.3 is 9.30 Å². The van der Waals surface area contributed by atoms with Gasteiger partial charge in [0.2, 0.25) is 5.95 Å². The molecule has 0 radical (unpaired) electrons. The zero-order valence-electron chi connectivity index (χ0n) is 15.1. The lowest BCUT2D eigenvalue weighted by molar-refractivity contribution is 0.102.